The highest BCUT2D eigenvalue weighted by Crippen LogP contribution is 2.31. The molecule has 1 N–H and O–H groups in total. The van der Waals surface area contributed by atoms with Crippen molar-refractivity contribution in [3.05, 3.63) is 40.9 Å². The molecule has 0 radical (unpaired) electrons. The lowest BCUT2D eigenvalue weighted by Crippen LogP contribution is -2.36. The van der Waals surface area contributed by atoms with E-state index in [0.717, 1.165) is 6.07 Å². The predicted molar refractivity (Wildman–Crippen MR) is 81.4 cm³/mol. The SMILES string of the molecule is CCN(CC)CC(=O)NCc1cc(-c2c(F)c(F)c(F)c(F)c2F)no1. The number of carbonyl (C=O) groups is 1. The maximum atomic E-state index is 13.8. The van der Waals surface area contributed by atoms with Gasteiger partial charge in [0, 0.05) is 6.07 Å². The van der Waals surface area contributed by atoms with Gasteiger partial charge in [0.2, 0.25) is 11.7 Å². The second-order valence-corrected chi connectivity index (χ2v) is 5.36. The van der Waals surface area contributed by atoms with Crippen molar-refractivity contribution in [1.29, 1.82) is 0 Å². The first-order chi connectivity index (χ1) is 12.3. The Labute approximate surface area is 145 Å². The van der Waals surface area contributed by atoms with Gasteiger partial charge >= 0.3 is 0 Å². The van der Waals surface area contributed by atoms with E-state index in [4.69, 9.17) is 4.52 Å². The molecule has 0 bridgehead atoms. The van der Waals surface area contributed by atoms with Crippen molar-refractivity contribution in [3.63, 3.8) is 0 Å². The Balaban J connectivity index is 2.15. The van der Waals surface area contributed by atoms with Crippen LogP contribution >= 0.6 is 0 Å². The van der Waals surface area contributed by atoms with Gasteiger partial charge in [-0.05, 0) is 13.1 Å². The summed E-state index contributed by atoms with van der Waals surface area (Å²) in [5, 5.41) is 5.83. The van der Waals surface area contributed by atoms with Crippen LogP contribution in [0.2, 0.25) is 0 Å². The molecule has 2 rings (SSSR count). The van der Waals surface area contributed by atoms with E-state index in [1.807, 2.05) is 18.7 Å². The van der Waals surface area contributed by atoms with E-state index in [1.54, 1.807) is 0 Å². The first kappa shape index (κ1) is 19.8. The van der Waals surface area contributed by atoms with Crippen molar-refractivity contribution in [2.45, 2.75) is 20.4 Å². The molecule has 0 aliphatic rings. The van der Waals surface area contributed by atoms with Crippen LogP contribution in [0.4, 0.5) is 22.0 Å². The molecule has 1 aromatic carbocycles. The molecular formula is C16H16F5N3O2. The van der Waals surface area contributed by atoms with E-state index in [2.05, 4.69) is 10.5 Å². The Kier molecular flexibility index (Phi) is 6.30. The quantitative estimate of drug-likeness (QED) is 0.458. The van der Waals surface area contributed by atoms with Crippen molar-refractivity contribution < 1.29 is 31.3 Å². The van der Waals surface area contributed by atoms with Crippen molar-refractivity contribution in [3.8, 4) is 11.3 Å². The highest BCUT2D eigenvalue weighted by molar-refractivity contribution is 5.78. The number of benzene rings is 1. The molecule has 0 saturated heterocycles. The molecule has 5 nitrogen and oxygen atoms in total. The molecule has 2 aromatic rings. The molecule has 26 heavy (non-hydrogen) atoms. The molecule has 1 amide bonds. The zero-order valence-corrected chi connectivity index (χ0v) is 14.0. The molecule has 0 aliphatic heterocycles. The van der Waals surface area contributed by atoms with Gasteiger partial charge in [-0.15, -0.1) is 0 Å². The van der Waals surface area contributed by atoms with Crippen molar-refractivity contribution in [2.75, 3.05) is 19.6 Å². The third kappa shape index (κ3) is 4.01. The van der Waals surface area contributed by atoms with Crippen LogP contribution in [0.3, 0.4) is 0 Å². The highest BCUT2D eigenvalue weighted by atomic mass is 19.2. The zero-order chi connectivity index (χ0) is 19.4. The van der Waals surface area contributed by atoms with Crippen LogP contribution in [0, 0.1) is 29.1 Å². The minimum Gasteiger partial charge on any atom is -0.359 e. The fourth-order valence-electron chi connectivity index (χ4n) is 2.24. The summed E-state index contributed by atoms with van der Waals surface area (Å²) in [5.74, 6) is -10.7. The van der Waals surface area contributed by atoms with E-state index >= 15 is 0 Å². The predicted octanol–water partition coefficient (Wildman–Crippen LogP) is 3.00. The molecule has 0 spiro atoms. The van der Waals surface area contributed by atoms with E-state index in [1.165, 1.54) is 0 Å². The number of carbonyl (C=O) groups excluding carboxylic acids is 1. The lowest BCUT2D eigenvalue weighted by atomic mass is 10.1. The number of hydrogen-bond donors (Lipinski definition) is 1. The summed E-state index contributed by atoms with van der Waals surface area (Å²) in [5.41, 5.74) is -1.75. The third-order valence-electron chi connectivity index (χ3n) is 3.75. The second-order valence-electron chi connectivity index (χ2n) is 5.36. The van der Waals surface area contributed by atoms with Crippen molar-refractivity contribution >= 4 is 5.91 Å². The molecule has 1 heterocycles. The molecule has 10 heteroatoms. The molecule has 0 fully saturated rings. The smallest absolute Gasteiger partial charge is 0.234 e. The summed E-state index contributed by atoms with van der Waals surface area (Å²) in [6, 6.07) is 0.996. The number of nitrogens with one attached hydrogen (secondary N) is 1. The first-order valence-corrected chi connectivity index (χ1v) is 7.76. The van der Waals surface area contributed by atoms with Gasteiger partial charge in [-0.25, -0.2) is 22.0 Å². The topological polar surface area (TPSA) is 58.4 Å². The largest absolute Gasteiger partial charge is 0.359 e. The fraction of sp³-hybridized carbons (Fsp3) is 0.375. The van der Waals surface area contributed by atoms with Crippen LogP contribution in [0.5, 0.6) is 0 Å². The Morgan fingerprint density at radius 3 is 2.12 bits per heavy atom. The highest BCUT2D eigenvalue weighted by Gasteiger charge is 2.28. The lowest BCUT2D eigenvalue weighted by molar-refractivity contribution is -0.122. The second kappa shape index (κ2) is 8.26. The molecule has 0 atom stereocenters. The van der Waals surface area contributed by atoms with Crippen LogP contribution in [0.25, 0.3) is 11.3 Å². The average molecular weight is 377 g/mol. The van der Waals surface area contributed by atoms with Gasteiger partial charge in [0.25, 0.3) is 0 Å². The van der Waals surface area contributed by atoms with Crippen molar-refractivity contribution in [2.24, 2.45) is 0 Å². The Morgan fingerprint density at radius 1 is 1.04 bits per heavy atom. The molecule has 1 aromatic heterocycles. The average Bonchev–Trinajstić information content (AvgIpc) is 3.09. The summed E-state index contributed by atoms with van der Waals surface area (Å²) >= 11 is 0. The fourth-order valence-corrected chi connectivity index (χ4v) is 2.24. The molecular weight excluding hydrogens is 361 g/mol. The van der Waals surface area contributed by atoms with Gasteiger partial charge in [0.15, 0.2) is 29.0 Å². The molecule has 142 valence electrons. The number of amides is 1. The van der Waals surface area contributed by atoms with Gasteiger partial charge < -0.3 is 9.84 Å². The standard InChI is InChI=1S/C16H16F5N3O2/c1-3-24(4-2)7-10(25)22-6-8-5-9(23-26-8)11-12(17)14(19)16(21)15(20)13(11)18/h5H,3-4,6-7H2,1-2H3,(H,22,25). The Hall–Kier alpha value is -2.49. The van der Waals surface area contributed by atoms with Crippen molar-refractivity contribution in [1.82, 2.24) is 15.4 Å². The van der Waals surface area contributed by atoms with Gasteiger partial charge in [-0.3, -0.25) is 9.69 Å². The van der Waals surface area contributed by atoms with Crippen LogP contribution < -0.4 is 5.32 Å². The summed E-state index contributed by atoms with van der Waals surface area (Å²) < 4.78 is 71.9. The van der Waals surface area contributed by atoms with Gasteiger partial charge in [0.05, 0.1) is 18.7 Å². The van der Waals surface area contributed by atoms with Gasteiger partial charge in [-0.2, -0.15) is 0 Å². The van der Waals surface area contributed by atoms with Crippen LogP contribution in [0.1, 0.15) is 19.6 Å². The normalized spacial score (nSPS) is 11.2. The Bertz CT molecular complexity index is 776. The summed E-state index contributed by atoms with van der Waals surface area (Å²) in [4.78, 5) is 13.6. The monoisotopic (exact) mass is 377 g/mol. The maximum Gasteiger partial charge on any atom is 0.234 e. The van der Waals surface area contributed by atoms with Crippen LogP contribution in [-0.2, 0) is 11.3 Å². The van der Waals surface area contributed by atoms with E-state index in [9.17, 15) is 26.7 Å². The van der Waals surface area contributed by atoms with E-state index in [0.29, 0.717) is 13.1 Å². The number of hydrogen-bond acceptors (Lipinski definition) is 4. The minimum absolute atomic E-state index is 0.00293. The van der Waals surface area contributed by atoms with Crippen LogP contribution in [0.15, 0.2) is 10.6 Å². The Morgan fingerprint density at radius 2 is 1.58 bits per heavy atom. The minimum atomic E-state index is -2.25. The number of halogens is 5. The molecule has 0 saturated carbocycles. The number of rotatable bonds is 7. The summed E-state index contributed by atoms with van der Waals surface area (Å²) in [6.45, 7) is 5.13. The molecule has 0 aliphatic carbocycles. The lowest BCUT2D eigenvalue weighted by Gasteiger charge is -2.16. The third-order valence-corrected chi connectivity index (χ3v) is 3.75. The summed E-state index contributed by atoms with van der Waals surface area (Å²) in [7, 11) is 0. The van der Waals surface area contributed by atoms with E-state index < -0.39 is 40.3 Å². The van der Waals surface area contributed by atoms with Gasteiger partial charge in [-0.1, -0.05) is 19.0 Å². The number of likely N-dealkylation sites (N-methyl/N-ethyl adjacent to an activating group) is 1. The number of nitrogens with zero attached hydrogens (tertiary/aromatic N) is 2. The first-order valence-electron chi connectivity index (χ1n) is 7.76. The summed E-state index contributed by atoms with van der Waals surface area (Å²) in [6.07, 6.45) is 0. The maximum absolute atomic E-state index is 13.8. The van der Waals surface area contributed by atoms with Crippen LogP contribution in [-0.4, -0.2) is 35.6 Å². The van der Waals surface area contributed by atoms with Gasteiger partial charge in [0.1, 0.15) is 5.69 Å². The zero-order valence-electron chi connectivity index (χ0n) is 14.0. The molecule has 0 unspecified atom stereocenters. The number of aromatic nitrogens is 1. The van der Waals surface area contributed by atoms with E-state index in [-0.39, 0.29) is 24.8 Å².